The minimum absolute atomic E-state index is 0.244. The van der Waals surface area contributed by atoms with Crippen molar-refractivity contribution < 1.29 is 19.0 Å². The first-order valence-corrected chi connectivity index (χ1v) is 12.8. The molecule has 0 heterocycles. The second-order valence-electron chi connectivity index (χ2n) is 8.89. The lowest BCUT2D eigenvalue weighted by Crippen LogP contribution is -2.41. The highest BCUT2D eigenvalue weighted by atomic mass is 16.5. The van der Waals surface area contributed by atoms with Crippen molar-refractivity contribution in [3.05, 3.63) is 53.6 Å². The average molecular weight is 482 g/mol. The van der Waals surface area contributed by atoms with Gasteiger partial charge in [-0.05, 0) is 73.6 Å². The van der Waals surface area contributed by atoms with Crippen LogP contribution in [-0.4, -0.2) is 38.1 Å². The van der Waals surface area contributed by atoms with Gasteiger partial charge in [0.1, 0.15) is 19.0 Å². The topological polar surface area (TPSA) is 81.2 Å². The summed E-state index contributed by atoms with van der Waals surface area (Å²) in [6.45, 7) is 7.67. The van der Waals surface area contributed by atoms with Crippen LogP contribution in [0, 0.1) is 0 Å². The SMILES string of the molecule is CCOc1cc(/C=N/NC(=O)NC2CCCCC2)ccc1OCCOc1ccc(C(C)CC)cc1. The highest BCUT2D eigenvalue weighted by Gasteiger charge is 2.15. The van der Waals surface area contributed by atoms with Crippen molar-refractivity contribution >= 4 is 12.2 Å². The predicted molar refractivity (Wildman–Crippen MR) is 140 cm³/mol. The fourth-order valence-electron chi connectivity index (χ4n) is 4.06. The van der Waals surface area contributed by atoms with Crippen molar-refractivity contribution in [1.29, 1.82) is 0 Å². The number of amides is 2. The van der Waals surface area contributed by atoms with E-state index in [1.54, 1.807) is 6.21 Å². The van der Waals surface area contributed by atoms with Crippen LogP contribution in [-0.2, 0) is 0 Å². The van der Waals surface area contributed by atoms with Gasteiger partial charge in [0, 0.05) is 6.04 Å². The number of hydrogen-bond acceptors (Lipinski definition) is 5. The van der Waals surface area contributed by atoms with Crippen molar-refractivity contribution in [3.8, 4) is 17.2 Å². The molecule has 35 heavy (non-hydrogen) atoms. The number of urea groups is 1. The number of carbonyl (C=O) groups is 1. The molecule has 1 aliphatic rings. The zero-order valence-electron chi connectivity index (χ0n) is 21.2. The molecule has 0 spiro atoms. The lowest BCUT2D eigenvalue weighted by molar-refractivity contribution is 0.208. The molecule has 2 amide bonds. The Balaban J connectivity index is 1.46. The maximum Gasteiger partial charge on any atom is 0.335 e. The van der Waals surface area contributed by atoms with E-state index in [0.29, 0.717) is 37.2 Å². The fourth-order valence-corrected chi connectivity index (χ4v) is 4.06. The molecule has 1 aliphatic carbocycles. The highest BCUT2D eigenvalue weighted by Crippen LogP contribution is 2.28. The summed E-state index contributed by atoms with van der Waals surface area (Å²) in [4.78, 5) is 12.0. The molecule has 0 radical (unpaired) electrons. The number of carbonyl (C=O) groups excluding carboxylic acids is 1. The summed E-state index contributed by atoms with van der Waals surface area (Å²) in [7, 11) is 0. The van der Waals surface area contributed by atoms with Crippen LogP contribution in [0.1, 0.15) is 76.3 Å². The molecule has 190 valence electrons. The van der Waals surface area contributed by atoms with Gasteiger partial charge in [-0.15, -0.1) is 0 Å². The molecular formula is C28H39N3O4. The number of hydrazone groups is 1. The molecule has 0 aromatic heterocycles. The van der Waals surface area contributed by atoms with Gasteiger partial charge in [-0.3, -0.25) is 0 Å². The molecule has 1 atom stereocenters. The summed E-state index contributed by atoms with van der Waals surface area (Å²) < 4.78 is 17.5. The minimum atomic E-state index is -0.271. The molecule has 2 aromatic rings. The first kappa shape index (κ1) is 26.4. The molecule has 0 saturated heterocycles. The molecule has 7 heteroatoms. The third-order valence-electron chi connectivity index (χ3n) is 6.26. The molecule has 1 unspecified atom stereocenters. The van der Waals surface area contributed by atoms with Gasteiger partial charge >= 0.3 is 6.03 Å². The number of ether oxygens (including phenoxy) is 3. The van der Waals surface area contributed by atoms with Crippen molar-refractivity contribution in [2.45, 2.75) is 71.3 Å². The Morgan fingerprint density at radius 2 is 1.74 bits per heavy atom. The van der Waals surface area contributed by atoms with Crippen molar-refractivity contribution in [2.24, 2.45) is 5.10 Å². The van der Waals surface area contributed by atoms with Crippen LogP contribution >= 0.6 is 0 Å². The lowest BCUT2D eigenvalue weighted by atomic mass is 9.96. The van der Waals surface area contributed by atoms with E-state index >= 15 is 0 Å². The molecule has 7 nitrogen and oxygen atoms in total. The molecule has 2 aromatic carbocycles. The molecule has 3 rings (SSSR count). The van der Waals surface area contributed by atoms with Crippen molar-refractivity contribution in [1.82, 2.24) is 10.7 Å². The van der Waals surface area contributed by atoms with E-state index in [0.717, 1.165) is 30.6 Å². The van der Waals surface area contributed by atoms with Gasteiger partial charge in [0.05, 0.1) is 12.8 Å². The van der Waals surface area contributed by atoms with E-state index in [2.05, 4.69) is 41.8 Å². The first-order valence-electron chi connectivity index (χ1n) is 12.8. The van der Waals surface area contributed by atoms with Gasteiger partial charge in [-0.2, -0.15) is 5.10 Å². The molecular weight excluding hydrogens is 442 g/mol. The summed E-state index contributed by atoms with van der Waals surface area (Å²) in [5, 5.41) is 7.04. The average Bonchev–Trinajstić information content (AvgIpc) is 2.88. The van der Waals surface area contributed by atoms with Crippen LogP contribution in [0.2, 0.25) is 0 Å². The maximum atomic E-state index is 12.0. The number of hydrogen-bond donors (Lipinski definition) is 2. The van der Waals surface area contributed by atoms with Gasteiger partial charge in [0.15, 0.2) is 11.5 Å². The normalized spacial score (nSPS) is 14.9. The molecule has 1 saturated carbocycles. The Labute approximate surface area is 209 Å². The van der Waals surface area contributed by atoms with E-state index in [1.807, 2.05) is 37.3 Å². The summed E-state index contributed by atoms with van der Waals surface area (Å²) in [5.74, 6) is 2.65. The van der Waals surface area contributed by atoms with E-state index in [-0.39, 0.29) is 12.1 Å². The Morgan fingerprint density at radius 3 is 2.46 bits per heavy atom. The largest absolute Gasteiger partial charge is 0.490 e. The molecule has 0 bridgehead atoms. The van der Waals surface area contributed by atoms with Crippen molar-refractivity contribution in [3.63, 3.8) is 0 Å². The standard InChI is InChI=1S/C28H39N3O4/c1-4-21(3)23-12-14-25(15-13-23)34-17-18-35-26-16-11-22(19-27(26)33-5-2)20-29-31-28(32)30-24-9-7-6-8-10-24/h11-16,19-21,24H,4-10,17-18H2,1-3H3,(H2,30,31,32)/b29-20+. The number of nitrogens with one attached hydrogen (secondary N) is 2. The Bertz CT molecular complexity index is 940. The fraction of sp³-hybridized carbons (Fsp3) is 0.500. The molecule has 1 fully saturated rings. The summed E-state index contributed by atoms with van der Waals surface area (Å²) >= 11 is 0. The maximum absolute atomic E-state index is 12.0. The quantitative estimate of drug-likeness (QED) is 0.221. The summed E-state index contributed by atoms with van der Waals surface area (Å²) in [6.07, 6.45) is 8.36. The third kappa shape index (κ3) is 8.81. The second-order valence-corrected chi connectivity index (χ2v) is 8.89. The lowest BCUT2D eigenvalue weighted by Gasteiger charge is -2.22. The highest BCUT2D eigenvalue weighted by molar-refractivity contribution is 5.82. The predicted octanol–water partition coefficient (Wildman–Crippen LogP) is 6.02. The zero-order chi connectivity index (χ0) is 24.9. The molecule has 0 aliphatic heterocycles. The van der Waals surface area contributed by atoms with Gasteiger partial charge in [0.25, 0.3) is 0 Å². The van der Waals surface area contributed by atoms with Gasteiger partial charge in [-0.1, -0.05) is 45.2 Å². The number of nitrogens with zero attached hydrogens (tertiary/aromatic N) is 1. The Hall–Kier alpha value is -3.22. The van der Waals surface area contributed by atoms with Gasteiger partial charge in [-0.25, -0.2) is 10.2 Å². The van der Waals surface area contributed by atoms with E-state index in [9.17, 15) is 4.79 Å². The first-order chi connectivity index (χ1) is 17.1. The van der Waals surface area contributed by atoms with Crippen LogP contribution in [0.25, 0.3) is 0 Å². The van der Waals surface area contributed by atoms with Crippen LogP contribution in [0.4, 0.5) is 4.79 Å². The number of benzene rings is 2. The summed E-state index contributed by atoms with van der Waals surface area (Å²) in [5.41, 5.74) is 4.67. The van der Waals surface area contributed by atoms with E-state index < -0.39 is 0 Å². The monoisotopic (exact) mass is 481 g/mol. The Kier molecular flexibility index (Phi) is 10.7. The van der Waals surface area contributed by atoms with Crippen LogP contribution in [0.15, 0.2) is 47.6 Å². The minimum Gasteiger partial charge on any atom is -0.490 e. The van der Waals surface area contributed by atoms with Crippen LogP contribution < -0.4 is 25.0 Å². The number of rotatable bonds is 12. The van der Waals surface area contributed by atoms with Crippen LogP contribution in [0.3, 0.4) is 0 Å². The van der Waals surface area contributed by atoms with Crippen LogP contribution in [0.5, 0.6) is 17.2 Å². The van der Waals surface area contributed by atoms with Crippen molar-refractivity contribution in [2.75, 3.05) is 19.8 Å². The summed E-state index contributed by atoms with van der Waals surface area (Å²) in [6, 6.07) is 13.8. The van der Waals surface area contributed by atoms with E-state index in [4.69, 9.17) is 14.2 Å². The zero-order valence-corrected chi connectivity index (χ0v) is 21.2. The second kappa shape index (κ2) is 14.2. The smallest absolute Gasteiger partial charge is 0.335 e. The Morgan fingerprint density at radius 1 is 1.00 bits per heavy atom. The van der Waals surface area contributed by atoms with Gasteiger partial charge in [0.2, 0.25) is 0 Å². The van der Waals surface area contributed by atoms with Gasteiger partial charge < -0.3 is 19.5 Å². The third-order valence-corrected chi connectivity index (χ3v) is 6.26. The molecule has 2 N–H and O–H groups in total. The van der Waals surface area contributed by atoms with E-state index in [1.165, 1.54) is 24.8 Å².